The van der Waals surface area contributed by atoms with E-state index >= 15 is 0 Å². The monoisotopic (exact) mass is 295 g/mol. The average Bonchev–Trinajstić information content (AvgIpc) is 2.53. The Morgan fingerprint density at radius 1 is 1.10 bits per heavy atom. The fourth-order valence-electron chi connectivity index (χ4n) is 4.20. The summed E-state index contributed by atoms with van der Waals surface area (Å²) < 4.78 is 6.04. The maximum absolute atomic E-state index is 6.04. The van der Waals surface area contributed by atoms with E-state index < -0.39 is 0 Å². The number of fused-ring (bicyclic) bond motifs is 1. The lowest BCUT2D eigenvalue weighted by Gasteiger charge is -2.47. The minimum atomic E-state index is 0.513. The van der Waals surface area contributed by atoms with Crippen molar-refractivity contribution in [2.45, 2.75) is 63.6 Å². The lowest BCUT2D eigenvalue weighted by molar-refractivity contribution is -0.000922. The average molecular weight is 295 g/mol. The van der Waals surface area contributed by atoms with Gasteiger partial charge in [0.2, 0.25) is 0 Å². The Morgan fingerprint density at radius 2 is 1.95 bits per heavy atom. The summed E-state index contributed by atoms with van der Waals surface area (Å²) in [5, 5.41) is 3.40. The predicted octanol–water partition coefficient (Wildman–Crippen LogP) is 1.70. The van der Waals surface area contributed by atoms with Crippen LogP contribution in [0.25, 0.3) is 0 Å². The molecule has 0 aromatic carbocycles. The molecule has 2 unspecified atom stereocenters. The lowest BCUT2D eigenvalue weighted by Crippen LogP contribution is -2.58. The first-order valence-electron chi connectivity index (χ1n) is 9.13. The summed E-state index contributed by atoms with van der Waals surface area (Å²) in [4.78, 5) is 5.44. The molecule has 3 rings (SSSR count). The highest BCUT2D eigenvalue weighted by Gasteiger charge is 2.32. The highest BCUT2D eigenvalue weighted by molar-refractivity contribution is 4.88. The molecule has 1 N–H and O–H groups in total. The molecule has 4 nitrogen and oxygen atoms in total. The molecule has 0 amide bonds. The van der Waals surface area contributed by atoms with Crippen molar-refractivity contribution in [2.75, 3.05) is 45.9 Å². The molecule has 0 spiro atoms. The van der Waals surface area contributed by atoms with Gasteiger partial charge in [0.25, 0.3) is 0 Å². The van der Waals surface area contributed by atoms with Gasteiger partial charge in [-0.25, -0.2) is 0 Å². The standard InChI is InChI=1S/C17H33N3O/c1-15-13-20-10-3-2-5-16(20)14-19(15)11-4-12-21-17-6-8-18-9-7-17/h15-18H,2-14H2,1H3. The molecule has 0 aromatic rings. The fraction of sp³-hybridized carbons (Fsp3) is 1.00. The smallest absolute Gasteiger partial charge is 0.0599 e. The molecule has 0 saturated carbocycles. The first kappa shape index (κ1) is 15.7. The minimum Gasteiger partial charge on any atom is -0.378 e. The second kappa shape index (κ2) is 7.91. The van der Waals surface area contributed by atoms with Crippen LogP contribution < -0.4 is 5.32 Å². The number of ether oxygens (including phenoxy) is 1. The van der Waals surface area contributed by atoms with Crippen molar-refractivity contribution in [3.63, 3.8) is 0 Å². The summed E-state index contributed by atoms with van der Waals surface area (Å²) in [5.41, 5.74) is 0. The van der Waals surface area contributed by atoms with Crippen LogP contribution in [0.15, 0.2) is 0 Å². The van der Waals surface area contributed by atoms with Crippen LogP contribution in [0, 0.1) is 0 Å². The van der Waals surface area contributed by atoms with E-state index in [4.69, 9.17) is 4.74 Å². The largest absolute Gasteiger partial charge is 0.378 e. The number of nitrogens with one attached hydrogen (secondary N) is 1. The van der Waals surface area contributed by atoms with E-state index in [1.807, 2.05) is 0 Å². The van der Waals surface area contributed by atoms with E-state index in [1.165, 1.54) is 64.7 Å². The van der Waals surface area contributed by atoms with E-state index in [9.17, 15) is 0 Å². The van der Waals surface area contributed by atoms with Gasteiger partial charge in [-0.05, 0) is 58.7 Å². The van der Waals surface area contributed by atoms with Gasteiger partial charge in [-0.15, -0.1) is 0 Å². The number of piperazine rings is 1. The van der Waals surface area contributed by atoms with Crippen molar-refractivity contribution in [1.29, 1.82) is 0 Å². The molecule has 4 heteroatoms. The summed E-state index contributed by atoms with van der Waals surface area (Å²) in [6.45, 7) is 10.7. The van der Waals surface area contributed by atoms with Crippen LogP contribution in [0.2, 0.25) is 0 Å². The summed E-state index contributed by atoms with van der Waals surface area (Å²) in [6.07, 6.45) is 8.35. The third-order valence-electron chi connectivity index (χ3n) is 5.55. The molecular weight excluding hydrogens is 262 g/mol. The van der Waals surface area contributed by atoms with E-state index in [2.05, 4.69) is 22.0 Å². The number of hydrogen-bond acceptors (Lipinski definition) is 4. The van der Waals surface area contributed by atoms with Gasteiger partial charge in [0.05, 0.1) is 6.10 Å². The van der Waals surface area contributed by atoms with Crippen LogP contribution in [0.1, 0.15) is 45.4 Å². The Bertz CT molecular complexity index is 306. The summed E-state index contributed by atoms with van der Waals surface area (Å²) in [5.74, 6) is 0. The van der Waals surface area contributed by atoms with Gasteiger partial charge in [0.1, 0.15) is 0 Å². The molecule has 3 aliphatic heterocycles. The molecule has 3 aliphatic rings. The zero-order chi connectivity index (χ0) is 14.5. The molecule has 0 aromatic heterocycles. The third kappa shape index (κ3) is 4.41. The van der Waals surface area contributed by atoms with E-state index in [1.54, 1.807) is 0 Å². The maximum atomic E-state index is 6.04. The molecule has 3 fully saturated rings. The number of hydrogen-bond donors (Lipinski definition) is 1. The SMILES string of the molecule is CC1CN2CCCCC2CN1CCCOC1CCNCC1. The molecule has 2 atom stereocenters. The van der Waals surface area contributed by atoms with Crippen molar-refractivity contribution in [3.8, 4) is 0 Å². The summed E-state index contributed by atoms with van der Waals surface area (Å²) >= 11 is 0. The van der Waals surface area contributed by atoms with Crippen LogP contribution >= 0.6 is 0 Å². The van der Waals surface area contributed by atoms with Crippen molar-refractivity contribution in [1.82, 2.24) is 15.1 Å². The third-order valence-corrected chi connectivity index (χ3v) is 5.55. The molecule has 3 saturated heterocycles. The maximum Gasteiger partial charge on any atom is 0.0599 e. The zero-order valence-electron chi connectivity index (χ0n) is 13.7. The number of nitrogens with zero attached hydrogens (tertiary/aromatic N) is 2. The van der Waals surface area contributed by atoms with E-state index in [-0.39, 0.29) is 0 Å². The van der Waals surface area contributed by atoms with Gasteiger partial charge in [0, 0.05) is 38.3 Å². The molecular formula is C17H33N3O. The van der Waals surface area contributed by atoms with Crippen LogP contribution in [-0.4, -0.2) is 73.9 Å². The first-order chi connectivity index (χ1) is 10.3. The second-order valence-corrected chi connectivity index (χ2v) is 7.16. The van der Waals surface area contributed by atoms with Crippen LogP contribution in [0.5, 0.6) is 0 Å². The number of piperidine rings is 2. The Hall–Kier alpha value is -0.160. The molecule has 0 aliphatic carbocycles. The molecule has 0 radical (unpaired) electrons. The highest BCUT2D eigenvalue weighted by atomic mass is 16.5. The zero-order valence-corrected chi connectivity index (χ0v) is 13.7. The van der Waals surface area contributed by atoms with Gasteiger partial charge in [-0.1, -0.05) is 6.42 Å². The van der Waals surface area contributed by atoms with Gasteiger partial charge >= 0.3 is 0 Å². The Morgan fingerprint density at radius 3 is 2.81 bits per heavy atom. The van der Waals surface area contributed by atoms with Gasteiger partial charge in [-0.3, -0.25) is 9.80 Å². The van der Waals surface area contributed by atoms with Crippen LogP contribution in [0.4, 0.5) is 0 Å². The molecule has 21 heavy (non-hydrogen) atoms. The van der Waals surface area contributed by atoms with E-state index in [0.717, 1.165) is 31.8 Å². The van der Waals surface area contributed by atoms with E-state index in [0.29, 0.717) is 6.10 Å². The second-order valence-electron chi connectivity index (χ2n) is 7.16. The van der Waals surface area contributed by atoms with Gasteiger partial charge in [0.15, 0.2) is 0 Å². The van der Waals surface area contributed by atoms with Crippen molar-refractivity contribution in [2.24, 2.45) is 0 Å². The van der Waals surface area contributed by atoms with Gasteiger partial charge in [-0.2, -0.15) is 0 Å². The minimum absolute atomic E-state index is 0.513. The van der Waals surface area contributed by atoms with Crippen molar-refractivity contribution < 1.29 is 4.74 Å². The van der Waals surface area contributed by atoms with Crippen molar-refractivity contribution >= 4 is 0 Å². The quantitative estimate of drug-likeness (QED) is 0.782. The normalized spacial score (nSPS) is 33.0. The molecule has 3 heterocycles. The topological polar surface area (TPSA) is 27.7 Å². The predicted molar refractivity (Wildman–Crippen MR) is 86.7 cm³/mol. The Kier molecular flexibility index (Phi) is 5.92. The number of rotatable bonds is 5. The van der Waals surface area contributed by atoms with Crippen LogP contribution in [0.3, 0.4) is 0 Å². The lowest BCUT2D eigenvalue weighted by atomic mass is 9.97. The fourth-order valence-corrected chi connectivity index (χ4v) is 4.20. The Balaban J connectivity index is 1.34. The van der Waals surface area contributed by atoms with Gasteiger partial charge < -0.3 is 10.1 Å². The van der Waals surface area contributed by atoms with Crippen molar-refractivity contribution in [3.05, 3.63) is 0 Å². The Labute approximate surface area is 130 Å². The molecule has 0 bridgehead atoms. The molecule has 122 valence electrons. The summed E-state index contributed by atoms with van der Waals surface area (Å²) in [6, 6.07) is 1.55. The van der Waals surface area contributed by atoms with Crippen LogP contribution in [-0.2, 0) is 4.74 Å². The highest BCUT2D eigenvalue weighted by Crippen LogP contribution is 2.24. The summed E-state index contributed by atoms with van der Waals surface area (Å²) in [7, 11) is 0. The first-order valence-corrected chi connectivity index (χ1v) is 9.13.